The van der Waals surface area contributed by atoms with Crippen LogP contribution >= 0.6 is 0 Å². The Morgan fingerprint density at radius 3 is 2.21 bits per heavy atom. The highest BCUT2D eigenvalue weighted by molar-refractivity contribution is 6.08. The molecule has 0 radical (unpaired) electrons. The van der Waals surface area contributed by atoms with Crippen LogP contribution in [0, 0.1) is 6.92 Å². The van der Waals surface area contributed by atoms with Crippen LogP contribution in [-0.4, -0.2) is 4.57 Å². The Labute approximate surface area is 142 Å². The van der Waals surface area contributed by atoms with Crippen LogP contribution in [0.15, 0.2) is 66.7 Å². The van der Waals surface area contributed by atoms with E-state index in [1.165, 1.54) is 38.5 Å². The number of para-hydroxylation sites is 1. The van der Waals surface area contributed by atoms with Crippen molar-refractivity contribution in [2.75, 3.05) is 0 Å². The summed E-state index contributed by atoms with van der Waals surface area (Å²) in [6, 6.07) is 24.0. The normalized spacial score (nSPS) is 11.8. The minimum atomic E-state index is 0.989. The van der Waals surface area contributed by atoms with E-state index in [-0.39, 0.29) is 0 Å². The predicted octanol–water partition coefficient (Wildman–Crippen LogP) is 6.29. The molecule has 0 bridgehead atoms. The summed E-state index contributed by atoms with van der Waals surface area (Å²) >= 11 is 0. The standard InChI is InChI=1S/C23H21N/c1-3-24-22-7-5-4-6-20(22)21-16-19(14-15-23(21)24)13-12-18-10-8-17(2)9-11-18/h4-16H,3H2,1-2H3/b13-12+. The zero-order valence-corrected chi connectivity index (χ0v) is 14.2. The number of hydrogen-bond acceptors (Lipinski definition) is 0. The summed E-state index contributed by atoms with van der Waals surface area (Å²) in [7, 11) is 0. The Morgan fingerprint density at radius 1 is 0.750 bits per heavy atom. The number of fused-ring (bicyclic) bond motifs is 3. The third-order valence-corrected chi connectivity index (χ3v) is 4.66. The van der Waals surface area contributed by atoms with Crippen molar-refractivity contribution in [1.29, 1.82) is 0 Å². The average molecular weight is 311 g/mol. The fourth-order valence-corrected chi connectivity index (χ4v) is 3.39. The van der Waals surface area contributed by atoms with Gasteiger partial charge in [0.2, 0.25) is 0 Å². The third kappa shape index (κ3) is 2.52. The van der Waals surface area contributed by atoms with Crippen molar-refractivity contribution in [3.05, 3.63) is 83.4 Å². The zero-order valence-electron chi connectivity index (χ0n) is 14.2. The molecule has 0 aliphatic heterocycles. The molecule has 0 spiro atoms. The van der Waals surface area contributed by atoms with Crippen LogP contribution < -0.4 is 0 Å². The molecule has 1 aromatic heterocycles. The Bertz CT molecular complexity index is 1030. The maximum absolute atomic E-state index is 2.39. The maximum Gasteiger partial charge on any atom is 0.0491 e. The number of benzene rings is 3. The molecule has 0 saturated heterocycles. The highest BCUT2D eigenvalue weighted by Crippen LogP contribution is 2.30. The number of aromatic nitrogens is 1. The highest BCUT2D eigenvalue weighted by atomic mass is 15.0. The molecule has 1 nitrogen and oxygen atoms in total. The summed E-state index contributed by atoms with van der Waals surface area (Å²) < 4.78 is 2.39. The number of hydrogen-bond donors (Lipinski definition) is 0. The fraction of sp³-hybridized carbons (Fsp3) is 0.130. The lowest BCUT2D eigenvalue weighted by atomic mass is 10.1. The van der Waals surface area contributed by atoms with Gasteiger partial charge in [-0.1, -0.05) is 66.2 Å². The highest BCUT2D eigenvalue weighted by Gasteiger charge is 2.08. The second-order valence-electron chi connectivity index (χ2n) is 6.28. The van der Waals surface area contributed by atoms with Gasteiger partial charge >= 0.3 is 0 Å². The van der Waals surface area contributed by atoms with Crippen molar-refractivity contribution < 1.29 is 0 Å². The Morgan fingerprint density at radius 2 is 1.42 bits per heavy atom. The van der Waals surface area contributed by atoms with Crippen LogP contribution in [0.25, 0.3) is 34.0 Å². The molecule has 24 heavy (non-hydrogen) atoms. The first-order valence-electron chi connectivity index (χ1n) is 8.52. The van der Waals surface area contributed by atoms with E-state index >= 15 is 0 Å². The molecule has 4 aromatic rings. The van der Waals surface area contributed by atoms with Crippen LogP contribution in [0.3, 0.4) is 0 Å². The molecule has 3 aromatic carbocycles. The Hall–Kier alpha value is -2.80. The summed E-state index contributed by atoms with van der Waals surface area (Å²) in [6.45, 7) is 5.31. The lowest BCUT2D eigenvalue weighted by Gasteiger charge is -2.02. The van der Waals surface area contributed by atoms with E-state index in [9.17, 15) is 0 Å². The van der Waals surface area contributed by atoms with Crippen LogP contribution in [0.5, 0.6) is 0 Å². The summed E-state index contributed by atoms with van der Waals surface area (Å²) in [4.78, 5) is 0. The van der Waals surface area contributed by atoms with Crippen LogP contribution in [0.4, 0.5) is 0 Å². The molecule has 0 aliphatic rings. The van der Waals surface area contributed by atoms with Crippen molar-refractivity contribution in [2.45, 2.75) is 20.4 Å². The van der Waals surface area contributed by atoms with Gasteiger partial charge in [-0.15, -0.1) is 0 Å². The van der Waals surface area contributed by atoms with Crippen molar-refractivity contribution in [2.24, 2.45) is 0 Å². The minimum absolute atomic E-state index is 0.989. The molecule has 118 valence electrons. The maximum atomic E-state index is 2.39. The van der Waals surface area contributed by atoms with Crippen LogP contribution in [0.2, 0.25) is 0 Å². The smallest absolute Gasteiger partial charge is 0.0491 e. The molecule has 1 heterocycles. The van der Waals surface area contributed by atoms with Gasteiger partial charge in [-0.3, -0.25) is 0 Å². The van der Waals surface area contributed by atoms with Crippen LogP contribution in [0.1, 0.15) is 23.6 Å². The summed E-state index contributed by atoms with van der Waals surface area (Å²) in [5.74, 6) is 0. The fourth-order valence-electron chi connectivity index (χ4n) is 3.39. The number of rotatable bonds is 3. The molecular weight excluding hydrogens is 290 g/mol. The number of nitrogens with zero attached hydrogens (tertiary/aromatic N) is 1. The van der Waals surface area contributed by atoms with Gasteiger partial charge in [0.15, 0.2) is 0 Å². The molecule has 0 saturated carbocycles. The van der Waals surface area contributed by atoms with Crippen molar-refractivity contribution in [1.82, 2.24) is 4.57 Å². The zero-order chi connectivity index (χ0) is 16.5. The number of aryl methyl sites for hydroxylation is 2. The molecule has 0 fully saturated rings. The lowest BCUT2D eigenvalue weighted by Crippen LogP contribution is -1.92. The minimum Gasteiger partial charge on any atom is -0.341 e. The first-order chi connectivity index (χ1) is 11.8. The molecule has 0 unspecified atom stereocenters. The SMILES string of the molecule is CCn1c2ccccc2c2cc(/C=C/c3ccc(C)cc3)ccc21. The summed E-state index contributed by atoms with van der Waals surface area (Å²) in [5, 5.41) is 2.67. The second-order valence-corrected chi connectivity index (χ2v) is 6.28. The molecule has 0 N–H and O–H groups in total. The quantitative estimate of drug-likeness (QED) is 0.392. The van der Waals surface area contributed by atoms with Gasteiger partial charge in [0, 0.05) is 28.4 Å². The first-order valence-corrected chi connectivity index (χ1v) is 8.52. The Kier molecular flexibility index (Phi) is 3.70. The van der Waals surface area contributed by atoms with Crippen LogP contribution in [-0.2, 0) is 6.54 Å². The van der Waals surface area contributed by atoms with E-state index in [0.717, 1.165) is 6.54 Å². The van der Waals surface area contributed by atoms with Gasteiger partial charge in [-0.2, -0.15) is 0 Å². The molecule has 0 atom stereocenters. The molecule has 0 aliphatic carbocycles. The van der Waals surface area contributed by atoms with Crippen molar-refractivity contribution >= 4 is 34.0 Å². The van der Waals surface area contributed by atoms with E-state index in [2.05, 4.69) is 97.3 Å². The van der Waals surface area contributed by atoms with E-state index in [1.54, 1.807) is 0 Å². The second kappa shape index (κ2) is 6.01. The van der Waals surface area contributed by atoms with E-state index < -0.39 is 0 Å². The Balaban J connectivity index is 1.80. The molecule has 1 heteroatoms. The van der Waals surface area contributed by atoms with E-state index in [4.69, 9.17) is 0 Å². The predicted molar refractivity (Wildman–Crippen MR) is 105 cm³/mol. The largest absolute Gasteiger partial charge is 0.341 e. The monoisotopic (exact) mass is 311 g/mol. The topological polar surface area (TPSA) is 4.93 Å². The summed E-state index contributed by atoms with van der Waals surface area (Å²) in [5.41, 5.74) is 6.39. The third-order valence-electron chi connectivity index (χ3n) is 4.66. The average Bonchev–Trinajstić information content (AvgIpc) is 2.94. The molecule has 0 amide bonds. The van der Waals surface area contributed by atoms with Gasteiger partial charge in [0.05, 0.1) is 0 Å². The van der Waals surface area contributed by atoms with E-state index in [0.29, 0.717) is 0 Å². The lowest BCUT2D eigenvalue weighted by molar-refractivity contribution is 0.827. The molecular formula is C23H21N. The van der Waals surface area contributed by atoms with Crippen molar-refractivity contribution in [3.8, 4) is 0 Å². The van der Waals surface area contributed by atoms with Gasteiger partial charge in [0.25, 0.3) is 0 Å². The van der Waals surface area contributed by atoms with Gasteiger partial charge in [-0.05, 0) is 43.2 Å². The summed E-state index contributed by atoms with van der Waals surface area (Å²) in [6.07, 6.45) is 4.38. The first kappa shape index (κ1) is 14.8. The van der Waals surface area contributed by atoms with Gasteiger partial charge in [-0.25, -0.2) is 0 Å². The van der Waals surface area contributed by atoms with Crippen molar-refractivity contribution in [3.63, 3.8) is 0 Å². The van der Waals surface area contributed by atoms with Gasteiger partial charge < -0.3 is 4.57 Å². The van der Waals surface area contributed by atoms with Gasteiger partial charge in [0.1, 0.15) is 0 Å². The molecule has 4 rings (SSSR count). The van der Waals surface area contributed by atoms with E-state index in [1.807, 2.05) is 0 Å².